The third-order valence-corrected chi connectivity index (χ3v) is 3.35. The molecule has 0 aliphatic carbocycles. The van der Waals surface area contributed by atoms with Crippen molar-refractivity contribution >= 4 is 5.69 Å². The molecule has 0 saturated heterocycles. The summed E-state index contributed by atoms with van der Waals surface area (Å²) in [5.41, 5.74) is -0.0711. The van der Waals surface area contributed by atoms with Crippen LogP contribution < -0.4 is 4.90 Å². The molecule has 0 aliphatic rings. The van der Waals surface area contributed by atoms with Crippen molar-refractivity contribution in [3.8, 4) is 6.07 Å². The maximum atomic E-state index is 12.7. The molecular weight excluding hydrogens is 277 g/mol. The van der Waals surface area contributed by atoms with Gasteiger partial charge in [0.2, 0.25) is 0 Å². The molecule has 1 aromatic carbocycles. The maximum Gasteiger partial charge on any atom is 0.416 e. The molecule has 21 heavy (non-hydrogen) atoms. The van der Waals surface area contributed by atoms with Crippen LogP contribution in [-0.4, -0.2) is 13.1 Å². The van der Waals surface area contributed by atoms with Gasteiger partial charge in [-0.3, -0.25) is 0 Å². The van der Waals surface area contributed by atoms with Crippen LogP contribution in [0, 0.1) is 11.3 Å². The Labute approximate surface area is 124 Å². The van der Waals surface area contributed by atoms with E-state index in [9.17, 15) is 13.2 Å². The summed E-state index contributed by atoms with van der Waals surface area (Å²) in [6.45, 7) is 5.65. The highest BCUT2D eigenvalue weighted by Crippen LogP contribution is 2.32. The van der Waals surface area contributed by atoms with E-state index >= 15 is 0 Å². The lowest BCUT2D eigenvalue weighted by atomic mass is 10.1. The second-order valence-electron chi connectivity index (χ2n) is 5.04. The van der Waals surface area contributed by atoms with Crippen molar-refractivity contribution in [2.75, 3.05) is 18.0 Å². The van der Waals surface area contributed by atoms with Crippen LogP contribution in [0.5, 0.6) is 0 Å². The van der Waals surface area contributed by atoms with E-state index in [4.69, 9.17) is 5.26 Å². The molecule has 0 amide bonds. The largest absolute Gasteiger partial charge is 0.416 e. The maximum absolute atomic E-state index is 12.7. The van der Waals surface area contributed by atoms with E-state index in [0.717, 1.165) is 50.9 Å². The Morgan fingerprint density at radius 3 is 2.10 bits per heavy atom. The monoisotopic (exact) mass is 298 g/mol. The zero-order chi connectivity index (χ0) is 15.9. The van der Waals surface area contributed by atoms with Crippen molar-refractivity contribution in [3.05, 3.63) is 29.3 Å². The van der Waals surface area contributed by atoms with Crippen molar-refractivity contribution < 1.29 is 13.2 Å². The van der Waals surface area contributed by atoms with Crippen molar-refractivity contribution in [2.24, 2.45) is 0 Å². The number of unbranched alkanes of at least 4 members (excludes halogenated alkanes) is 2. The Morgan fingerprint density at radius 2 is 1.67 bits per heavy atom. The van der Waals surface area contributed by atoms with Crippen LogP contribution in [0.15, 0.2) is 18.2 Å². The molecule has 1 rings (SSSR count). The molecule has 0 heterocycles. The number of nitriles is 1. The molecule has 0 unspecified atom stereocenters. The summed E-state index contributed by atoms with van der Waals surface area (Å²) in [6, 6.07) is 5.32. The van der Waals surface area contributed by atoms with Gasteiger partial charge >= 0.3 is 6.18 Å². The first kappa shape index (κ1) is 17.4. The summed E-state index contributed by atoms with van der Waals surface area (Å²) in [5.74, 6) is 0. The zero-order valence-electron chi connectivity index (χ0n) is 12.5. The van der Waals surface area contributed by atoms with Gasteiger partial charge in [0.25, 0.3) is 0 Å². The molecule has 0 atom stereocenters. The van der Waals surface area contributed by atoms with Crippen LogP contribution in [0.25, 0.3) is 0 Å². The first-order valence-electron chi connectivity index (χ1n) is 7.30. The third kappa shape index (κ3) is 4.96. The van der Waals surface area contributed by atoms with Gasteiger partial charge in [-0.15, -0.1) is 0 Å². The zero-order valence-corrected chi connectivity index (χ0v) is 12.5. The first-order valence-corrected chi connectivity index (χ1v) is 7.30. The summed E-state index contributed by atoms with van der Waals surface area (Å²) in [6.07, 6.45) is -0.497. The predicted octanol–water partition coefficient (Wildman–Crippen LogP) is 4.98. The average Bonchev–Trinajstić information content (AvgIpc) is 2.46. The fraction of sp³-hybridized carbons (Fsp3) is 0.562. The summed E-state index contributed by atoms with van der Waals surface area (Å²) < 4.78 is 38.2. The fourth-order valence-electron chi connectivity index (χ4n) is 2.13. The van der Waals surface area contributed by atoms with Gasteiger partial charge in [0.1, 0.15) is 6.07 Å². The quantitative estimate of drug-likeness (QED) is 0.709. The van der Waals surface area contributed by atoms with Crippen LogP contribution in [0.4, 0.5) is 18.9 Å². The number of rotatable bonds is 7. The molecular formula is C16H21F3N2. The van der Waals surface area contributed by atoms with E-state index in [1.807, 2.05) is 11.0 Å². The smallest absolute Gasteiger partial charge is 0.370 e. The Bertz CT molecular complexity index is 481. The summed E-state index contributed by atoms with van der Waals surface area (Å²) in [4.78, 5) is 2.02. The number of alkyl halides is 3. The number of benzene rings is 1. The molecule has 0 N–H and O–H groups in total. The highest BCUT2D eigenvalue weighted by atomic mass is 19.4. The van der Waals surface area contributed by atoms with E-state index in [-0.39, 0.29) is 5.56 Å². The van der Waals surface area contributed by atoms with Gasteiger partial charge in [0.05, 0.1) is 16.8 Å². The normalized spacial score (nSPS) is 11.2. The summed E-state index contributed by atoms with van der Waals surface area (Å²) in [5, 5.41) is 9.16. The van der Waals surface area contributed by atoms with Crippen molar-refractivity contribution in [2.45, 2.75) is 45.7 Å². The standard InChI is InChI=1S/C16H21F3N2/c1-3-5-9-21(10-6-4-2)15-8-7-14(16(17,18)19)11-13(15)12-20/h7-8,11H,3-6,9-10H2,1-2H3. The predicted molar refractivity (Wildman–Crippen MR) is 78.2 cm³/mol. The SMILES string of the molecule is CCCCN(CCCC)c1ccc(C(F)(F)F)cc1C#N. The molecule has 0 radical (unpaired) electrons. The fourth-order valence-corrected chi connectivity index (χ4v) is 2.13. The Kier molecular flexibility index (Phi) is 6.54. The van der Waals surface area contributed by atoms with Crippen LogP contribution in [0.3, 0.4) is 0 Å². The second kappa shape index (κ2) is 7.92. The van der Waals surface area contributed by atoms with Crippen molar-refractivity contribution in [3.63, 3.8) is 0 Å². The topological polar surface area (TPSA) is 27.0 Å². The Balaban J connectivity index is 3.09. The Morgan fingerprint density at radius 1 is 1.10 bits per heavy atom. The number of halogens is 3. The van der Waals surface area contributed by atoms with E-state index in [2.05, 4.69) is 13.8 Å². The van der Waals surface area contributed by atoms with Gasteiger partial charge in [0.15, 0.2) is 0 Å². The van der Waals surface area contributed by atoms with E-state index in [1.54, 1.807) is 0 Å². The summed E-state index contributed by atoms with van der Waals surface area (Å²) in [7, 11) is 0. The van der Waals surface area contributed by atoms with Crippen LogP contribution in [-0.2, 0) is 6.18 Å². The minimum absolute atomic E-state index is 0.0945. The summed E-state index contributed by atoms with van der Waals surface area (Å²) >= 11 is 0. The van der Waals surface area contributed by atoms with Gasteiger partial charge in [-0.05, 0) is 31.0 Å². The molecule has 0 spiro atoms. The van der Waals surface area contributed by atoms with Gasteiger partial charge < -0.3 is 4.90 Å². The molecule has 5 heteroatoms. The van der Waals surface area contributed by atoms with Gasteiger partial charge in [-0.1, -0.05) is 26.7 Å². The van der Waals surface area contributed by atoms with Crippen LogP contribution in [0.1, 0.15) is 50.7 Å². The number of hydrogen-bond acceptors (Lipinski definition) is 2. The molecule has 1 aromatic rings. The molecule has 0 aliphatic heterocycles. The third-order valence-electron chi connectivity index (χ3n) is 3.35. The average molecular weight is 298 g/mol. The minimum atomic E-state index is -4.41. The molecule has 0 bridgehead atoms. The first-order chi connectivity index (χ1) is 9.93. The van der Waals surface area contributed by atoms with Crippen LogP contribution >= 0.6 is 0 Å². The molecule has 116 valence electrons. The molecule has 0 saturated carbocycles. The lowest BCUT2D eigenvalue weighted by molar-refractivity contribution is -0.137. The van der Waals surface area contributed by atoms with E-state index in [1.165, 1.54) is 6.07 Å². The molecule has 0 aromatic heterocycles. The highest BCUT2D eigenvalue weighted by molar-refractivity contribution is 5.60. The lowest BCUT2D eigenvalue weighted by Crippen LogP contribution is -2.26. The van der Waals surface area contributed by atoms with E-state index < -0.39 is 11.7 Å². The van der Waals surface area contributed by atoms with Gasteiger partial charge in [0, 0.05) is 13.1 Å². The van der Waals surface area contributed by atoms with Crippen molar-refractivity contribution in [1.29, 1.82) is 5.26 Å². The highest BCUT2D eigenvalue weighted by Gasteiger charge is 2.31. The van der Waals surface area contributed by atoms with E-state index in [0.29, 0.717) is 5.69 Å². The minimum Gasteiger partial charge on any atom is -0.370 e. The second-order valence-corrected chi connectivity index (χ2v) is 5.04. The number of anilines is 1. The number of hydrogen-bond donors (Lipinski definition) is 0. The molecule has 2 nitrogen and oxygen atoms in total. The van der Waals surface area contributed by atoms with Gasteiger partial charge in [-0.25, -0.2) is 0 Å². The van der Waals surface area contributed by atoms with Crippen LogP contribution in [0.2, 0.25) is 0 Å². The lowest BCUT2D eigenvalue weighted by Gasteiger charge is -2.26. The van der Waals surface area contributed by atoms with Crippen molar-refractivity contribution in [1.82, 2.24) is 0 Å². The Hall–Kier alpha value is -1.70. The number of nitrogens with zero attached hydrogens (tertiary/aromatic N) is 2. The molecule has 0 fully saturated rings. The van der Waals surface area contributed by atoms with Gasteiger partial charge in [-0.2, -0.15) is 18.4 Å².